The molecule has 0 amide bonds. The van der Waals surface area contributed by atoms with Crippen LogP contribution in [0.2, 0.25) is 0 Å². The number of benzene rings is 1. The molecule has 4 rings (SSSR count). The van der Waals surface area contributed by atoms with E-state index in [1.807, 2.05) is 25.1 Å². The topological polar surface area (TPSA) is 87.7 Å². The van der Waals surface area contributed by atoms with Gasteiger partial charge in [0, 0.05) is 24.4 Å². The van der Waals surface area contributed by atoms with Gasteiger partial charge in [-0.25, -0.2) is 4.79 Å². The second kappa shape index (κ2) is 7.75. The summed E-state index contributed by atoms with van der Waals surface area (Å²) in [6.07, 6.45) is 14.3. The maximum Gasteiger partial charge on any atom is 0.327 e. The Hall–Kier alpha value is -3.67. The summed E-state index contributed by atoms with van der Waals surface area (Å²) in [7, 11) is 0. The van der Waals surface area contributed by atoms with E-state index >= 15 is 0 Å². The molecular formula is C23H21N3O3. The van der Waals surface area contributed by atoms with E-state index < -0.39 is 16.7 Å². The van der Waals surface area contributed by atoms with Crippen molar-refractivity contribution in [2.24, 2.45) is 0 Å². The molecule has 0 atom stereocenters. The van der Waals surface area contributed by atoms with Crippen LogP contribution in [0.25, 0.3) is 29.4 Å². The van der Waals surface area contributed by atoms with Crippen molar-refractivity contribution in [3.05, 3.63) is 95.9 Å². The van der Waals surface area contributed by atoms with Crippen LogP contribution in [0.1, 0.15) is 42.1 Å². The predicted molar refractivity (Wildman–Crippen MR) is 117 cm³/mol. The van der Waals surface area contributed by atoms with Crippen molar-refractivity contribution in [1.82, 2.24) is 14.5 Å². The number of allylic oxidation sites excluding steroid dienone is 3. The summed E-state index contributed by atoms with van der Waals surface area (Å²) in [5.74, 6) is 0. The summed E-state index contributed by atoms with van der Waals surface area (Å²) in [4.78, 5) is 41.5. The third-order valence-electron chi connectivity index (χ3n) is 4.96. The molecule has 0 saturated carbocycles. The Morgan fingerprint density at radius 3 is 2.76 bits per heavy atom. The van der Waals surface area contributed by atoms with Gasteiger partial charge in [0.15, 0.2) is 5.43 Å². The fourth-order valence-corrected chi connectivity index (χ4v) is 3.63. The van der Waals surface area contributed by atoms with Gasteiger partial charge < -0.3 is 4.57 Å². The van der Waals surface area contributed by atoms with E-state index in [0.717, 1.165) is 29.5 Å². The minimum atomic E-state index is -0.680. The fourth-order valence-electron chi connectivity index (χ4n) is 3.63. The molecule has 146 valence electrons. The van der Waals surface area contributed by atoms with Crippen molar-refractivity contribution in [1.29, 1.82) is 0 Å². The molecule has 0 radical (unpaired) electrons. The Balaban J connectivity index is 1.97. The molecule has 6 heteroatoms. The van der Waals surface area contributed by atoms with Crippen molar-refractivity contribution in [2.45, 2.75) is 26.2 Å². The Morgan fingerprint density at radius 2 is 1.93 bits per heavy atom. The van der Waals surface area contributed by atoms with Crippen LogP contribution in [-0.4, -0.2) is 14.5 Å². The highest BCUT2D eigenvalue weighted by atomic mass is 16.2. The number of hydrogen-bond donors (Lipinski definition) is 2. The summed E-state index contributed by atoms with van der Waals surface area (Å²) in [6.45, 7) is 1.99. The van der Waals surface area contributed by atoms with Crippen molar-refractivity contribution in [3.8, 4) is 0 Å². The molecule has 0 spiro atoms. The van der Waals surface area contributed by atoms with Gasteiger partial charge in [-0.3, -0.25) is 19.6 Å². The Labute approximate surface area is 166 Å². The monoisotopic (exact) mass is 387 g/mol. The summed E-state index contributed by atoms with van der Waals surface area (Å²) < 4.78 is 1.73. The largest absolute Gasteiger partial charge is 0.327 e. The first-order chi connectivity index (χ1) is 14.1. The van der Waals surface area contributed by atoms with Gasteiger partial charge >= 0.3 is 5.69 Å². The lowest BCUT2D eigenvalue weighted by Gasteiger charge is -2.15. The van der Waals surface area contributed by atoms with Crippen LogP contribution in [0, 0.1) is 0 Å². The highest BCUT2D eigenvalue weighted by Gasteiger charge is 2.14. The number of hydrogen-bond acceptors (Lipinski definition) is 3. The van der Waals surface area contributed by atoms with Crippen molar-refractivity contribution >= 4 is 29.4 Å². The number of pyridine rings is 1. The van der Waals surface area contributed by atoms with Gasteiger partial charge in [0.2, 0.25) is 0 Å². The summed E-state index contributed by atoms with van der Waals surface area (Å²) in [6, 6.07) is 7.57. The van der Waals surface area contributed by atoms with Gasteiger partial charge in [-0.05, 0) is 29.5 Å². The summed E-state index contributed by atoms with van der Waals surface area (Å²) in [5, 5.41) is -0.0520. The molecule has 0 unspecified atom stereocenters. The second-order valence-electron chi connectivity index (χ2n) is 6.93. The number of aromatic amines is 2. The first-order valence-corrected chi connectivity index (χ1v) is 9.61. The number of aromatic nitrogens is 3. The fraction of sp³-hybridized carbons (Fsp3) is 0.174. The summed E-state index contributed by atoms with van der Waals surface area (Å²) in [5.41, 5.74) is 2.48. The first-order valence-electron chi connectivity index (χ1n) is 9.61. The Morgan fingerprint density at radius 1 is 1.10 bits per heavy atom. The van der Waals surface area contributed by atoms with Crippen LogP contribution < -0.4 is 16.7 Å². The maximum absolute atomic E-state index is 12.7. The van der Waals surface area contributed by atoms with Crippen molar-refractivity contribution in [2.75, 3.05) is 0 Å². The number of fused-ring (bicyclic) bond motifs is 2. The molecule has 0 aliphatic heterocycles. The van der Waals surface area contributed by atoms with Crippen LogP contribution in [0.4, 0.5) is 0 Å². The molecule has 1 aromatic carbocycles. The highest BCUT2D eigenvalue weighted by Crippen LogP contribution is 2.24. The quantitative estimate of drug-likeness (QED) is 0.720. The van der Waals surface area contributed by atoms with E-state index in [1.165, 1.54) is 6.07 Å². The molecule has 6 nitrogen and oxygen atoms in total. The third-order valence-corrected chi connectivity index (χ3v) is 4.96. The zero-order valence-electron chi connectivity index (χ0n) is 16.1. The molecule has 3 aromatic rings. The van der Waals surface area contributed by atoms with Gasteiger partial charge in [0.1, 0.15) is 11.0 Å². The van der Waals surface area contributed by atoms with Gasteiger partial charge in [0.25, 0.3) is 5.56 Å². The molecule has 2 heterocycles. The Kier molecular flexibility index (Phi) is 4.99. The van der Waals surface area contributed by atoms with Crippen LogP contribution in [0.15, 0.2) is 56.9 Å². The van der Waals surface area contributed by atoms with Crippen molar-refractivity contribution < 1.29 is 0 Å². The molecule has 2 aromatic heterocycles. The molecule has 29 heavy (non-hydrogen) atoms. The van der Waals surface area contributed by atoms with Crippen LogP contribution in [0.3, 0.4) is 0 Å². The van der Waals surface area contributed by atoms with Gasteiger partial charge in [-0.15, -0.1) is 0 Å². The van der Waals surface area contributed by atoms with Gasteiger partial charge in [0.05, 0.1) is 0 Å². The van der Waals surface area contributed by atoms with E-state index in [0.29, 0.717) is 12.1 Å². The third kappa shape index (κ3) is 3.57. The molecule has 0 bridgehead atoms. The van der Waals surface area contributed by atoms with E-state index in [9.17, 15) is 14.4 Å². The smallest absolute Gasteiger partial charge is 0.306 e. The average molecular weight is 387 g/mol. The lowest BCUT2D eigenvalue weighted by molar-refractivity contribution is 0.954. The van der Waals surface area contributed by atoms with Crippen LogP contribution >= 0.6 is 0 Å². The number of H-pyrrole nitrogens is 2. The molecule has 0 saturated heterocycles. The zero-order valence-corrected chi connectivity index (χ0v) is 16.1. The lowest BCUT2D eigenvalue weighted by Crippen LogP contribution is -2.28. The molecule has 1 aliphatic carbocycles. The van der Waals surface area contributed by atoms with E-state index in [-0.39, 0.29) is 11.0 Å². The average Bonchev–Trinajstić information content (AvgIpc) is 2.93. The second-order valence-corrected chi connectivity index (χ2v) is 6.93. The minimum Gasteiger partial charge on any atom is -0.306 e. The van der Waals surface area contributed by atoms with E-state index in [4.69, 9.17) is 0 Å². The molecule has 1 aliphatic rings. The van der Waals surface area contributed by atoms with Gasteiger partial charge in [-0.2, -0.15) is 0 Å². The highest BCUT2D eigenvalue weighted by molar-refractivity contribution is 5.76. The standard InChI is InChI=1S/C23H21N3O3/c1-2-3-12-26-17(14-19(27)20-21(26)24-23(29)25-22(20)28)13-16-10-7-9-15-8-5-4-6-11-18(15)16/h3,5-12,14H,2,4,13H2,1H3,(H2,24,25,28,29). The van der Waals surface area contributed by atoms with Crippen LogP contribution in [0.5, 0.6) is 0 Å². The molecule has 2 N–H and O–H groups in total. The SMILES string of the molecule is CCC=Cn1c(Cc2cccc3c2C=CCC=C3)cc(=O)c2c(=O)[nH]c(=O)[nH]c21. The van der Waals surface area contributed by atoms with Crippen molar-refractivity contribution in [3.63, 3.8) is 0 Å². The molecule has 0 fully saturated rings. The normalized spacial score (nSPS) is 13.1. The van der Waals surface area contributed by atoms with E-state index in [1.54, 1.807) is 10.8 Å². The maximum atomic E-state index is 12.7. The number of nitrogens with one attached hydrogen (secondary N) is 2. The predicted octanol–water partition coefficient (Wildman–Crippen LogP) is 3.28. The van der Waals surface area contributed by atoms with E-state index in [2.05, 4.69) is 40.3 Å². The Bertz CT molecular complexity index is 1350. The zero-order chi connectivity index (χ0) is 20.4. The number of nitrogens with zero attached hydrogens (tertiary/aromatic N) is 1. The molecular weight excluding hydrogens is 366 g/mol. The number of rotatable bonds is 4. The van der Waals surface area contributed by atoms with Crippen LogP contribution in [-0.2, 0) is 6.42 Å². The first kappa shape index (κ1) is 18.7. The van der Waals surface area contributed by atoms with Gasteiger partial charge in [-0.1, -0.05) is 55.5 Å². The lowest BCUT2D eigenvalue weighted by atomic mass is 9.97. The summed E-state index contributed by atoms with van der Waals surface area (Å²) >= 11 is 0. The minimum absolute atomic E-state index is 0.0520.